The molecule has 0 atom stereocenters. The molecule has 1 aliphatic rings. The van der Waals surface area contributed by atoms with E-state index in [1.807, 2.05) is 32.0 Å². The van der Waals surface area contributed by atoms with Crippen molar-refractivity contribution in [2.75, 3.05) is 11.9 Å². The van der Waals surface area contributed by atoms with E-state index >= 15 is 0 Å². The smallest absolute Gasteiger partial charge is 0.227 e. The molecular weight excluding hydrogens is 204 g/mol. The van der Waals surface area contributed by atoms with Crippen molar-refractivity contribution in [3.63, 3.8) is 0 Å². The van der Waals surface area contributed by atoms with Gasteiger partial charge in [-0.3, -0.25) is 4.79 Å². The second-order valence-corrected chi connectivity index (χ2v) is 4.58. The average molecular weight is 220 g/mol. The number of benzene rings is 1. The highest BCUT2D eigenvalue weighted by atomic mass is 16.5. The number of carbonyl (C=O) groups excluding carboxylic acids is 1. The van der Waals surface area contributed by atoms with Crippen molar-refractivity contribution >= 4 is 11.6 Å². The molecule has 1 aromatic carbocycles. The Morgan fingerprint density at radius 3 is 2.88 bits per heavy atom. The molecule has 16 heavy (non-hydrogen) atoms. The molecule has 4 nitrogen and oxygen atoms in total. The summed E-state index contributed by atoms with van der Waals surface area (Å²) >= 11 is 0. The van der Waals surface area contributed by atoms with Crippen LogP contribution in [0.15, 0.2) is 18.2 Å². The topological polar surface area (TPSA) is 64.3 Å². The van der Waals surface area contributed by atoms with E-state index in [0.29, 0.717) is 24.5 Å². The van der Waals surface area contributed by atoms with Gasteiger partial charge in [-0.25, -0.2) is 0 Å². The molecule has 1 aliphatic heterocycles. The number of ether oxygens (including phenoxy) is 1. The maximum atomic E-state index is 11.4. The van der Waals surface area contributed by atoms with E-state index in [0.717, 1.165) is 5.56 Å². The number of fused-ring (bicyclic) bond motifs is 1. The summed E-state index contributed by atoms with van der Waals surface area (Å²) in [7, 11) is 0. The molecule has 0 bridgehead atoms. The predicted molar refractivity (Wildman–Crippen MR) is 62.4 cm³/mol. The Kier molecular flexibility index (Phi) is 2.59. The third kappa shape index (κ3) is 2.17. The zero-order chi connectivity index (χ0) is 11.8. The predicted octanol–water partition coefficient (Wildman–Crippen LogP) is 1.60. The monoisotopic (exact) mass is 220 g/mol. The molecule has 1 aromatic rings. The molecule has 2 rings (SSSR count). The van der Waals surface area contributed by atoms with Crippen LogP contribution in [0.25, 0.3) is 0 Å². The first-order valence-corrected chi connectivity index (χ1v) is 5.33. The Morgan fingerprint density at radius 2 is 2.19 bits per heavy atom. The van der Waals surface area contributed by atoms with Crippen LogP contribution < -0.4 is 15.8 Å². The third-order valence-electron chi connectivity index (χ3n) is 2.58. The van der Waals surface area contributed by atoms with Gasteiger partial charge in [0.25, 0.3) is 0 Å². The van der Waals surface area contributed by atoms with Crippen molar-refractivity contribution in [2.24, 2.45) is 5.73 Å². The number of hydrogen-bond donors (Lipinski definition) is 2. The van der Waals surface area contributed by atoms with Crippen LogP contribution in [-0.2, 0) is 10.3 Å². The molecule has 4 heteroatoms. The Labute approximate surface area is 94.8 Å². The number of nitrogens with two attached hydrogens (primary N) is 1. The second kappa shape index (κ2) is 3.79. The molecule has 1 amide bonds. The number of nitrogens with one attached hydrogen (secondary N) is 1. The standard InChI is InChI=1S/C12H16N2O2/c1-12(2,13)8-3-4-10-9(7-8)14-11(15)5-6-16-10/h3-4,7H,5-6,13H2,1-2H3,(H,14,15). The van der Waals surface area contributed by atoms with Crippen molar-refractivity contribution in [3.05, 3.63) is 23.8 Å². The van der Waals surface area contributed by atoms with Crippen molar-refractivity contribution in [3.8, 4) is 5.75 Å². The Bertz CT molecular complexity index is 422. The fourth-order valence-electron chi connectivity index (χ4n) is 1.62. The quantitative estimate of drug-likeness (QED) is 0.755. The summed E-state index contributed by atoms with van der Waals surface area (Å²) < 4.78 is 5.46. The molecule has 0 aromatic heterocycles. The number of hydrogen-bond acceptors (Lipinski definition) is 3. The zero-order valence-electron chi connectivity index (χ0n) is 9.54. The van der Waals surface area contributed by atoms with Crippen LogP contribution in [0.5, 0.6) is 5.75 Å². The van der Waals surface area contributed by atoms with Crippen LogP contribution in [0.2, 0.25) is 0 Å². The summed E-state index contributed by atoms with van der Waals surface area (Å²) in [6.45, 7) is 4.27. The average Bonchev–Trinajstić information content (AvgIpc) is 2.35. The van der Waals surface area contributed by atoms with Gasteiger partial charge in [0.1, 0.15) is 5.75 Å². The van der Waals surface area contributed by atoms with Crippen LogP contribution in [0.1, 0.15) is 25.8 Å². The first-order chi connectivity index (χ1) is 7.47. The summed E-state index contributed by atoms with van der Waals surface area (Å²) in [6.07, 6.45) is 0.385. The SMILES string of the molecule is CC(C)(N)c1ccc2c(c1)NC(=O)CCO2. The van der Waals surface area contributed by atoms with Gasteiger partial charge in [-0.15, -0.1) is 0 Å². The molecule has 0 unspecified atom stereocenters. The highest BCUT2D eigenvalue weighted by Crippen LogP contribution is 2.31. The van der Waals surface area contributed by atoms with Gasteiger partial charge >= 0.3 is 0 Å². The van der Waals surface area contributed by atoms with Crippen LogP contribution in [-0.4, -0.2) is 12.5 Å². The minimum Gasteiger partial charge on any atom is -0.491 e. The number of rotatable bonds is 1. The number of amides is 1. The molecular formula is C12H16N2O2. The lowest BCUT2D eigenvalue weighted by atomic mass is 9.95. The lowest BCUT2D eigenvalue weighted by Gasteiger charge is -2.20. The maximum absolute atomic E-state index is 11.4. The number of carbonyl (C=O) groups is 1. The molecule has 0 spiro atoms. The van der Waals surface area contributed by atoms with E-state index in [-0.39, 0.29) is 5.91 Å². The first-order valence-electron chi connectivity index (χ1n) is 5.33. The van der Waals surface area contributed by atoms with Crippen molar-refractivity contribution in [1.82, 2.24) is 0 Å². The zero-order valence-corrected chi connectivity index (χ0v) is 9.54. The fourth-order valence-corrected chi connectivity index (χ4v) is 1.62. The first kappa shape index (κ1) is 11.0. The van der Waals surface area contributed by atoms with Gasteiger partial charge in [-0.2, -0.15) is 0 Å². The number of anilines is 1. The second-order valence-electron chi connectivity index (χ2n) is 4.58. The van der Waals surface area contributed by atoms with Crippen molar-refractivity contribution in [2.45, 2.75) is 25.8 Å². The van der Waals surface area contributed by atoms with Crippen LogP contribution in [0.3, 0.4) is 0 Å². The van der Waals surface area contributed by atoms with Gasteiger partial charge in [0.05, 0.1) is 18.7 Å². The van der Waals surface area contributed by atoms with E-state index in [9.17, 15) is 4.79 Å². The summed E-state index contributed by atoms with van der Waals surface area (Å²) in [5.74, 6) is 0.685. The lowest BCUT2D eigenvalue weighted by molar-refractivity contribution is -0.116. The van der Waals surface area contributed by atoms with Gasteiger partial charge in [0, 0.05) is 5.54 Å². The van der Waals surface area contributed by atoms with Crippen LogP contribution >= 0.6 is 0 Å². The summed E-state index contributed by atoms with van der Waals surface area (Å²) in [6, 6.07) is 5.65. The highest BCUT2D eigenvalue weighted by Gasteiger charge is 2.19. The third-order valence-corrected chi connectivity index (χ3v) is 2.58. The van der Waals surface area contributed by atoms with Gasteiger partial charge in [-0.1, -0.05) is 6.07 Å². The summed E-state index contributed by atoms with van der Waals surface area (Å²) in [4.78, 5) is 11.4. The van der Waals surface area contributed by atoms with E-state index in [2.05, 4.69) is 5.32 Å². The fraction of sp³-hybridized carbons (Fsp3) is 0.417. The van der Waals surface area contributed by atoms with Gasteiger partial charge in [0.15, 0.2) is 0 Å². The van der Waals surface area contributed by atoms with Gasteiger partial charge < -0.3 is 15.8 Å². The highest BCUT2D eigenvalue weighted by molar-refractivity contribution is 5.93. The summed E-state index contributed by atoms with van der Waals surface area (Å²) in [5.41, 5.74) is 7.26. The largest absolute Gasteiger partial charge is 0.491 e. The van der Waals surface area contributed by atoms with E-state index in [1.165, 1.54) is 0 Å². The molecule has 86 valence electrons. The minimum atomic E-state index is -0.425. The van der Waals surface area contributed by atoms with E-state index < -0.39 is 5.54 Å². The molecule has 0 radical (unpaired) electrons. The van der Waals surface area contributed by atoms with Crippen molar-refractivity contribution < 1.29 is 9.53 Å². The molecule has 0 fully saturated rings. The Balaban J connectivity index is 2.40. The molecule has 3 N–H and O–H groups in total. The Hall–Kier alpha value is -1.55. The van der Waals surface area contributed by atoms with E-state index in [4.69, 9.17) is 10.5 Å². The normalized spacial score (nSPS) is 15.8. The van der Waals surface area contributed by atoms with Gasteiger partial charge in [0.2, 0.25) is 5.91 Å². The molecule has 1 heterocycles. The molecule has 0 saturated carbocycles. The molecule has 0 saturated heterocycles. The van der Waals surface area contributed by atoms with Crippen molar-refractivity contribution in [1.29, 1.82) is 0 Å². The van der Waals surface area contributed by atoms with Crippen LogP contribution in [0, 0.1) is 0 Å². The van der Waals surface area contributed by atoms with E-state index in [1.54, 1.807) is 0 Å². The summed E-state index contributed by atoms with van der Waals surface area (Å²) in [5, 5.41) is 2.82. The lowest BCUT2D eigenvalue weighted by Crippen LogP contribution is -2.28. The van der Waals surface area contributed by atoms with Gasteiger partial charge in [-0.05, 0) is 31.5 Å². The minimum absolute atomic E-state index is 0.0225. The van der Waals surface area contributed by atoms with Crippen LogP contribution in [0.4, 0.5) is 5.69 Å². The molecule has 0 aliphatic carbocycles. The Morgan fingerprint density at radius 1 is 1.44 bits per heavy atom. The maximum Gasteiger partial charge on any atom is 0.227 e.